The summed E-state index contributed by atoms with van der Waals surface area (Å²) in [6.45, 7) is 0.312. The first-order chi connectivity index (χ1) is 9.29. The van der Waals surface area contributed by atoms with Gasteiger partial charge in [0, 0.05) is 6.20 Å². The average molecular weight is 256 g/mol. The van der Waals surface area contributed by atoms with Crippen molar-refractivity contribution in [2.75, 3.05) is 0 Å². The van der Waals surface area contributed by atoms with Crippen LogP contribution in [-0.4, -0.2) is 10.8 Å². The number of hydrogen-bond acceptors (Lipinski definition) is 4. The van der Waals surface area contributed by atoms with Crippen LogP contribution in [0.15, 0.2) is 34.9 Å². The van der Waals surface area contributed by atoms with Crippen LogP contribution in [0.3, 0.4) is 0 Å². The molecule has 4 heteroatoms. The summed E-state index contributed by atoms with van der Waals surface area (Å²) in [4.78, 5) is 16.9. The Morgan fingerprint density at radius 1 is 1.42 bits per heavy atom. The summed E-state index contributed by atoms with van der Waals surface area (Å²) in [5.41, 5.74) is 7.59. The number of rotatable bonds is 3. The predicted octanol–water partition coefficient (Wildman–Crippen LogP) is 2.44. The zero-order chi connectivity index (χ0) is 13.2. The Kier molecular flexibility index (Phi) is 3.17. The van der Waals surface area contributed by atoms with Crippen LogP contribution in [0.5, 0.6) is 0 Å². The van der Waals surface area contributed by atoms with Gasteiger partial charge in [0.05, 0.1) is 18.2 Å². The molecular formula is C15H16N2O2. The number of carbonyl (C=O) groups is 1. The van der Waals surface area contributed by atoms with Gasteiger partial charge in [0.2, 0.25) is 5.78 Å². The van der Waals surface area contributed by atoms with Gasteiger partial charge in [-0.1, -0.05) is 6.07 Å². The molecule has 98 valence electrons. The first-order valence-corrected chi connectivity index (χ1v) is 6.56. The fraction of sp³-hybridized carbons (Fsp3) is 0.333. The lowest BCUT2D eigenvalue weighted by Gasteiger charge is -2.22. The quantitative estimate of drug-likeness (QED) is 0.856. The van der Waals surface area contributed by atoms with Crippen LogP contribution >= 0.6 is 0 Å². The summed E-state index contributed by atoms with van der Waals surface area (Å²) in [5.74, 6) is 0.866. The summed E-state index contributed by atoms with van der Waals surface area (Å²) in [6.07, 6.45) is 4.60. The Hall–Kier alpha value is -1.94. The third kappa shape index (κ3) is 2.19. The highest BCUT2D eigenvalue weighted by Crippen LogP contribution is 2.32. The number of carbonyl (C=O) groups excluding carboxylic acids is 1. The fourth-order valence-electron chi connectivity index (χ4n) is 2.66. The molecule has 2 aromatic rings. The zero-order valence-corrected chi connectivity index (χ0v) is 10.6. The Balaban J connectivity index is 1.93. The molecule has 1 aliphatic carbocycles. The van der Waals surface area contributed by atoms with Gasteiger partial charge in [0.1, 0.15) is 5.76 Å². The van der Waals surface area contributed by atoms with Gasteiger partial charge in [0.15, 0.2) is 5.76 Å². The second-order valence-corrected chi connectivity index (χ2v) is 4.83. The molecule has 0 saturated carbocycles. The van der Waals surface area contributed by atoms with Gasteiger partial charge < -0.3 is 10.2 Å². The molecule has 0 fully saturated rings. The minimum atomic E-state index is -0.179. The van der Waals surface area contributed by atoms with Crippen molar-refractivity contribution in [3.63, 3.8) is 0 Å². The van der Waals surface area contributed by atoms with E-state index in [9.17, 15) is 4.79 Å². The molecule has 2 aromatic heterocycles. The van der Waals surface area contributed by atoms with Crippen molar-refractivity contribution in [3.8, 4) is 0 Å². The number of ketones is 1. The number of aromatic nitrogens is 1. The minimum Gasteiger partial charge on any atom is -0.457 e. The van der Waals surface area contributed by atoms with E-state index in [0.29, 0.717) is 18.1 Å². The van der Waals surface area contributed by atoms with Crippen LogP contribution in [0.4, 0.5) is 0 Å². The minimum absolute atomic E-state index is 0.0133. The Bertz CT molecular complexity index is 604. The van der Waals surface area contributed by atoms with Crippen LogP contribution < -0.4 is 5.73 Å². The highest BCUT2D eigenvalue weighted by molar-refractivity contribution is 5.98. The lowest BCUT2D eigenvalue weighted by atomic mass is 9.83. The summed E-state index contributed by atoms with van der Waals surface area (Å²) < 4.78 is 5.46. The number of pyridine rings is 1. The zero-order valence-electron chi connectivity index (χ0n) is 10.6. The van der Waals surface area contributed by atoms with Crippen LogP contribution in [0.1, 0.15) is 46.3 Å². The number of nitrogens with two attached hydrogens (primary N) is 1. The molecule has 0 amide bonds. The third-order valence-corrected chi connectivity index (χ3v) is 3.62. The SMILES string of the molecule is NCc1ccc(C(=O)C2CCCc3cccnc32)o1. The maximum atomic E-state index is 12.5. The van der Waals surface area contributed by atoms with E-state index in [1.54, 1.807) is 18.3 Å². The van der Waals surface area contributed by atoms with E-state index in [2.05, 4.69) is 11.1 Å². The van der Waals surface area contributed by atoms with E-state index in [0.717, 1.165) is 25.0 Å². The smallest absolute Gasteiger partial charge is 0.207 e. The molecule has 0 bridgehead atoms. The summed E-state index contributed by atoms with van der Waals surface area (Å²) in [6, 6.07) is 7.44. The molecule has 1 unspecified atom stereocenters. The van der Waals surface area contributed by atoms with Crippen molar-refractivity contribution in [3.05, 3.63) is 53.2 Å². The highest BCUT2D eigenvalue weighted by atomic mass is 16.3. The predicted molar refractivity (Wildman–Crippen MR) is 70.8 cm³/mol. The molecule has 19 heavy (non-hydrogen) atoms. The molecule has 1 aliphatic rings. The van der Waals surface area contributed by atoms with E-state index in [4.69, 9.17) is 10.2 Å². The average Bonchev–Trinajstić information content (AvgIpc) is 2.95. The molecule has 0 spiro atoms. The first-order valence-electron chi connectivity index (χ1n) is 6.56. The second-order valence-electron chi connectivity index (χ2n) is 4.83. The van der Waals surface area contributed by atoms with E-state index in [1.807, 2.05) is 6.07 Å². The van der Waals surface area contributed by atoms with E-state index >= 15 is 0 Å². The van der Waals surface area contributed by atoms with Crippen molar-refractivity contribution in [1.29, 1.82) is 0 Å². The van der Waals surface area contributed by atoms with Crippen molar-refractivity contribution in [1.82, 2.24) is 4.98 Å². The molecule has 1 atom stereocenters. The van der Waals surface area contributed by atoms with Gasteiger partial charge in [0.25, 0.3) is 0 Å². The van der Waals surface area contributed by atoms with Gasteiger partial charge in [-0.05, 0) is 43.0 Å². The van der Waals surface area contributed by atoms with E-state index in [-0.39, 0.29) is 11.7 Å². The van der Waals surface area contributed by atoms with Gasteiger partial charge in [-0.3, -0.25) is 9.78 Å². The van der Waals surface area contributed by atoms with Crippen molar-refractivity contribution in [2.45, 2.75) is 31.7 Å². The number of Topliss-reactive ketones (excluding diaryl/α,β-unsaturated/α-hetero) is 1. The number of hydrogen-bond donors (Lipinski definition) is 1. The van der Waals surface area contributed by atoms with Gasteiger partial charge in [-0.25, -0.2) is 0 Å². The standard InChI is InChI=1S/C15H16N2O2/c16-9-11-6-7-13(19-11)15(18)12-5-1-3-10-4-2-8-17-14(10)12/h2,4,6-8,12H,1,3,5,9,16H2. The van der Waals surface area contributed by atoms with Gasteiger partial charge >= 0.3 is 0 Å². The van der Waals surface area contributed by atoms with Crippen molar-refractivity contribution in [2.24, 2.45) is 5.73 Å². The van der Waals surface area contributed by atoms with Gasteiger partial charge in [-0.15, -0.1) is 0 Å². The monoisotopic (exact) mass is 256 g/mol. The molecule has 0 radical (unpaired) electrons. The Morgan fingerprint density at radius 2 is 2.32 bits per heavy atom. The lowest BCUT2D eigenvalue weighted by molar-refractivity contribution is 0.0919. The summed E-state index contributed by atoms with van der Waals surface area (Å²) in [7, 11) is 0. The molecule has 4 nitrogen and oxygen atoms in total. The van der Waals surface area contributed by atoms with Gasteiger partial charge in [-0.2, -0.15) is 0 Å². The number of nitrogens with zero attached hydrogens (tertiary/aromatic N) is 1. The Morgan fingerprint density at radius 3 is 3.11 bits per heavy atom. The van der Waals surface area contributed by atoms with Crippen LogP contribution in [0, 0.1) is 0 Å². The topological polar surface area (TPSA) is 69.1 Å². The van der Waals surface area contributed by atoms with Crippen molar-refractivity contribution < 1.29 is 9.21 Å². The maximum Gasteiger partial charge on any atom is 0.207 e. The molecule has 2 N–H and O–H groups in total. The number of aryl methyl sites for hydroxylation is 1. The first kappa shape index (κ1) is 12.1. The molecular weight excluding hydrogens is 240 g/mol. The van der Waals surface area contributed by atoms with Crippen LogP contribution in [-0.2, 0) is 13.0 Å². The summed E-state index contributed by atoms with van der Waals surface area (Å²) >= 11 is 0. The van der Waals surface area contributed by atoms with Crippen LogP contribution in [0.25, 0.3) is 0 Å². The maximum absolute atomic E-state index is 12.5. The number of fused-ring (bicyclic) bond motifs is 1. The molecule has 0 aliphatic heterocycles. The fourth-order valence-corrected chi connectivity index (χ4v) is 2.66. The normalized spacial score (nSPS) is 18.1. The van der Waals surface area contributed by atoms with E-state index < -0.39 is 0 Å². The summed E-state index contributed by atoms with van der Waals surface area (Å²) in [5, 5.41) is 0. The Labute approximate surface area is 111 Å². The number of furan rings is 1. The van der Waals surface area contributed by atoms with Crippen LogP contribution in [0.2, 0.25) is 0 Å². The van der Waals surface area contributed by atoms with Crippen molar-refractivity contribution >= 4 is 5.78 Å². The van der Waals surface area contributed by atoms with E-state index in [1.165, 1.54) is 5.56 Å². The molecule has 2 heterocycles. The molecule has 3 rings (SSSR count). The largest absolute Gasteiger partial charge is 0.457 e. The molecule has 0 saturated heterocycles. The highest BCUT2D eigenvalue weighted by Gasteiger charge is 2.30. The molecule has 0 aromatic carbocycles. The lowest BCUT2D eigenvalue weighted by Crippen LogP contribution is -2.19. The third-order valence-electron chi connectivity index (χ3n) is 3.62. The second kappa shape index (κ2) is 4.97.